The first-order chi connectivity index (χ1) is 8.91. The highest BCUT2D eigenvalue weighted by atomic mass is 32.2. The summed E-state index contributed by atoms with van der Waals surface area (Å²) >= 11 is 0. The highest BCUT2D eigenvalue weighted by Crippen LogP contribution is 2.37. The Bertz CT molecular complexity index is 546. The number of aliphatic hydroxyl groups is 1. The van der Waals surface area contributed by atoms with Gasteiger partial charge in [-0.05, 0) is 32.3 Å². The average Bonchev–Trinajstić information content (AvgIpc) is 3.15. The topological polar surface area (TPSA) is 62.5 Å². The zero-order valence-electron chi connectivity index (χ0n) is 11.7. The van der Waals surface area contributed by atoms with Gasteiger partial charge in [-0.3, -0.25) is 0 Å². The van der Waals surface area contributed by atoms with Crippen molar-refractivity contribution in [3.05, 3.63) is 18.0 Å². The van der Waals surface area contributed by atoms with Crippen molar-refractivity contribution in [3.63, 3.8) is 0 Å². The van der Waals surface area contributed by atoms with E-state index in [2.05, 4.69) is 0 Å². The molecule has 1 fully saturated rings. The Morgan fingerprint density at radius 1 is 1.53 bits per heavy atom. The van der Waals surface area contributed by atoms with E-state index in [-0.39, 0.29) is 17.5 Å². The van der Waals surface area contributed by atoms with Crippen LogP contribution in [0, 0.1) is 0 Å². The third-order valence-corrected chi connectivity index (χ3v) is 5.83. The van der Waals surface area contributed by atoms with Crippen molar-refractivity contribution >= 4 is 10.0 Å². The van der Waals surface area contributed by atoms with E-state index in [9.17, 15) is 13.5 Å². The molecule has 0 radical (unpaired) electrons. The molecule has 1 heterocycles. The van der Waals surface area contributed by atoms with Crippen LogP contribution in [-0.2, 0) is 16.6 Å². The average molecular weight is 286 g/mol. The second-order valence-corrected chi connectivity index (χ2v) is 7.24. The molecule has 1 N–H and O–H groups in total. The van der Waals surface area contributed by atoms with Crippen LogP contribution in [-0.4, -0.2) is 35.5 Å². The minimum absolute atomic E-state index is 0.0353. The normalized spacial score (nSPS) is 17.9. The fourth-order valence-corrected chi connectivity index (χ4v) is 3.60. The monoisotopic (exact) mass is 286 g/mol. The van der Waals surface area contributed by atoms with E-state index < -0.39 is 10.0 Å². The number of aromatic nitrogens is 1. The molecule has 0 aliphatic heterocycles. The first-order valence-corrected chi connectivity index (χ1v) is 8.15. The maximum absolute atomic E-state index is 12.5. The number of sulfonamides is 1. The molecule has 19 heavy (non-hydrogen) atoms. The van der Waals surface area contributed by atoms with Gasteiger partial charge in [0.05, 0.1) is 6.61 Å². The van der Waals surface area contributed by atoms with E-state index >= 15 is 0 Å². The molecule has 1 saturated carbocycles. The van der Waals surface area contributed by atoms with Crippen LogP contribution >= 0.6 is 0 Å². The van der Waals surface area contributed by atoms with Gasteiger partial charge in [-0.15, -0.1) is 0 Å². The SMILES string of the molecule is CCC(C)N(C)S(=O)(=O)c1cc(CO)n(C2CC2)c1. The van der Waals surface area contributed by atoms with Gasteiger partial charge in [0, 0.05) is 31.0 Å². The van der Waals surface area contributed by atoms with Crippen molar-refractivity contribution in [3.8, 4) is 0 Å². The summed E-state index contributed by atoms with van der Waals surface area (Å²) in [6.45, 7) is 3.73. The Morgan fingerprint density at radius 3 is 2.63 bits per heavy atom. The minimum atomic E-state index is -3.47. The van der Waals surface area contributed by atoms with Crippen LogP contribution in [0.5, 0.6) is 0 Å². The summed E-state index contributed by atoms with van der Waals surface area (Å²) in [6.07, 6.45) is 4.55. The first-order valence-electron chi connectivity index (χ1n) is 6.71. The molecule has 1 aliphatic carbocycles. The Hall–Kier alpha value is -0.850. The lowest BCUT2D eigenvalue weighted by molar-refractivity contribution is 0.270. The first kappa shape index (κ1) is 14.6. The molecule has 1 unspecified atom stereocenters. The molecule has 6 heteroatoms. The van der Waals surface area contributed by atoms with Crippen molar-refractivity contribution in [1.29, 1.82) is 0 Å². The number of hydrogen-bond acceptors (Lipinski definition) is 3. The van der Waals surface area contributed by atoms with Crippen molar-refractivity contribution < 1.29 is 13.5 Å². The summed E-state index contributed by atoms with van der Waals surface area (Å²) in [6, 6.07) is 1.92. The third kappa shape index (κ3) is 2.70. The standard InChI is InChI=1S/C13H22N2O3S/c1-4-10(2)14(3)19(17,18)13-7-12(9-16)15(8-13)11-5-6-11/h7-8,10-11,16H,4-6,9H2,1-3H3. The molecular formula is C13H22N2O3S. The van der Waals surface area contributed by atoms with Gasteiger partial charge in [-0.25, -0.2) is 8.42 Å². The molecule has 1 aromatic rings. The minimum Gasteiger partial charge on any atom is -0.390 e. The number of hydrogen-bond donors (Lipinski definition) is 1. The van der Waals surface area contributed by atoms with Gasteiger partial charge in [0.15, 0.2) is 0 Å². The van der Waals surface area contributed by atoms with Gasteiger partial charge in [-0.2, -0.15) is 4.31 Å². The molecule has 1 aromatic heterocycles. The zero-order chi connectivity index (χ0) is 14.2. The number of nitrogens with zero attached hydrogens (tertiary/aromatic N) is 2. The van der Waals surface area contributed by atoms with E-state index in [0.29, 0.717) is 11.7 Å². The Labute approximate surface area is 114 Å². The molecule has 2 rings (SSSR count). The quantitative estimate of drug-likeness (QED) is 0.866. The molecule has 1 aliphatic rings. The van der Waals surface area contributed by atoms with Gasteiger partial charge in [0.1, 0.15) is 4.90 Å². The smallest absolute Gasteiger partial charge is 0.244 e. The van der Waals surface area contributed by atoms with E-state index in [1.807, 2.05) is 18.4 Å². The van der Waals surface area contributed by atoms with Gasteiger partial charge >= 0.3 is 0 Å². The molecule has 0 spiro atoms. The third-order valence-electron chi connectivity index (χ3n) is 3.90. The van der Waals surface area contributed by atoms with Crippen LogP contribution < -0.4 is 0 Å². The fraction of sp³-hybridized carbons (Fsp3) is 0.692. The van der Waals surface area contributed by atoms with E-state index in [1.165, 1.54) is 4.31 Å². The van der Waals surface area contributed by atoms with Crippen molar-refractivity contribution in [2.45, 2.75) is 56.7 Å². The summed E-state index contributed by atoms with van der Waals surface area (Å²) in [7, 11) is -1.86. The van der Waals surface area contributed by atoms with Gasteiger partial charge in [-0.1, -0.05) is 6.92 Å². The number of rotatable bonds is 6. The van der Waals surface area contributed by atoms with Crippen LogP contribution in [0.25, 0.3) is 0 Å². The predicted octanol–water partition coefficient (Wildman–Crippen LogP) is 1.73. The maximum Gasteiger partial charge on any atom is 0.244 e. The zero-order valence-corrected chi connectivity index (χ0v) is 12.5. The lowest BCUT2D eigenvalue weighted by Gasteiger charge is -2.22. The molecule has 0 aromatic carbocycles. The highest BCUT2D eigenvalue weighted by molar-refractivity contribution is 7.89. The second kappa shape index (κ2) is 5.26. The van der Waals surface area contributed by atoms with Crippen LogP contribution in [0.3, 0.4) is 0 Å². The lowest BCUT2D eigenvalue weighted by atomic mass is 10.3. The summed E-state index contributed by atoms with van der Waals surface area (Å²) in [5.74, 6) is 0. The Balaban J connectivity index is 2.35. The largest absolute Gasteiger partial charge is 0.390 e. The maximum atomic E-state index is 12.5. The van der Waals surface area contributed by atoms with E-state index in [4.69, 9.17) is 0 Å². The molecule has 0 bridgehead atoms. The highest BCUT2D eigenvalue weighted by Gasteiger charge is 2.30. The van der Waals surface area contributed by atoms with Crippen LogP contribution in [0.4, 0.5) is 0 Å². The van der Waals surface area contributed by atoms with E-state index in [0.717, 1.165) is 19.3 Å². The van der Waals surface area contributed by atoms with Gasteiger partial charge in [0.2, 0.25) is 10.0 Å². The van der Waals surface area contributed by atoms with Crippen LogP contribution in [0.15, 0.2) is 17.2 Å². The van der Waals surface area contributed by atoms with Crippen molar-refractivity contribution in [2.24, 2.45) is 0 Å². The summed E-state index contributed by atoms with van der Waals surface area (Å²) in [4.78, 5) is 0.284. The summed E-state index contributed by atoms with van der Waals surface area (Å²) in [5, 5.41) is 9.34. The van der Waals surface area contributed by atoms with Gasteiger partial charge < -0.3 is 9.67 Å². The van der Waals surface area contributed by atoms with Crippen LogP contribution in [0.2, 0.25) is 0 Å². The van der Waals surface area contributed by atoms with Gasteiger partial charge in [0.25, 0.3) is 0 Å². The molecular weight excluding hydrogens is 264 g/mol. The number of aliphatic hydroxyl groups excluding tert-OH is 1. The summed E-state index contributed by atoms with van der Waals surface area (Å²) in [5.41, 5.74) is 0.679. The molecule has 0 saturated heterocycles. The van der Waals surface area contributed by atoms with Crippen LogP contribution in [0.1, 0.15) is 44.8 Å². The van der Waals surface area contributed by atoms with Crippen molar-refractivity contribution in [1.82, 2.24) is 8.87 Å². The molecule has 108 valence electrons. The summed E-state index contributed by atoms with van der Waals surface area (Å²) < 4.78 is 28.3. The van der Waals surface area contributed by atoms with E-state index in [1.54, 1.807) is 19.3 Å². The predicted molar refractivity (Wildman–Crippen MR) is 73.3 cm³/mol. The molecule has 0 amide bonds. The molecule has 5 nitrogen and oxygen atoms in total. The molecule has 1 atom stereocenters. The Morgan fingerprint density at radius 2 is 2.16 bits per heavy atom. The second-order valence-electron chi connectivity index (χ2n) is 5.24. The van der Waals surface area contributed by atoms with Crippen molar-refractivity contribution in [2.75, 3.05) is 7.05 Å². The Kier molecular flexibility index (Phi) is 4.03. The lowest BCUT2D eigenvalue weighted by Crippen LogP contribution is -2.34. The fourth-order valence-electron chi connectivity index (χ4n) is 2.12.